The standard InChI is InChI=1S/C20H17N3O6/c1-26-17-7-12(2-4-15(17)27-10-19(22)24)6-13(9-21)20(25)23-14-3-5-16-18(8-14)29-11-28-16/h2-8H,10-11H2,1H3,(H2,22,24)(H,23,25)/b13-6-. The Hall–Kier alpha value is -4.19. The fourth-order valence-electron chi connectivity index (χ4n) is 2.53. The lowest BCUT2D eigenvalue weighted by Crippen LogP contribution is -2.20. The van der Waals surface area contributed by atoms with Gasteiger partial charge in [0, 0.05) is 11.8 Å². The van der Waals surface area contributed by atoms with Crippen LogP contribution in [0.1, 0.15) is 5.56 Å². The maximum Gasteiger partial charge on any atom is 0.266 e. The fourth-order valence-corrected chi connectivity index (χ4v) is 2.53. The van der Waals surface area contributed by atoms with E-state index in [4.69, 9.17) is 24.7 Å². The van der Waals surface area contributed by atoms with Crippen molar-refractivity contribution in [3.63, 3.8) is 0 Å². The fraction of sp³-hybridized carbons (Fsp3) is 0.150. The molecule has 0 radical (unpaired) electrons. The molecule has 0 atom stereocenters. The molecule has 1 aliphatic heterocycles. The van der Waals surface area contributed by atoms with Gasteiger partial charge in [0.15, 0.2) is 29.6 Å². The number of nitrogens with one attached hydrogen (secondary N) is 1. The summed E-state index contributed by atoms with van der Waals surface area (Å²) in [6.07, 6.45) is 1.41. The summed E-state index contributed by atoms with van der Waals surface area (Å²) in [7, 11) is 1.43. The van der Waals surface area contributed by atoms with Crippen molar-refractivity contribution in [2.24, 2.45) is 5.73 Å². The highest BCUT2D eigenvalue weighted by Crippen LogP contribution is 2.34. The smallest absolute Gasteiger partial charge is 0.266 e. The van der Waals surface area contributed by atoms with Crippen LogP contribution in [-0.2, 0) is 9.59 Å². The average Bonchev–Trinajstić information content (AvgIpc) is 3.18. The molecule has 0 aromatic heterocycles. The van der Waals surface area contributed by atoms with E-state index in [1.165, 1.54) is 13.2 Å². The molecular weight excluding hydrogens is 378 g/mol. The number of carbonyl (C=O) groups excluding carboxylic acids is 2. The third kappa shape index (κ3) is 4.75. The van der Waals surface area contributed by atoms with Gasteiger partial charge in [-0.3, -0.25) is 9.59 Å². The molecule has 0 saturated heterocycles. The molecular formula is C20H17N3O6. The van der Waals surface area contributed by atoms with E-state index in [1.54, 1.807) is 36.4 Å². The summed E-state index contributed by atoms with van der Waals surface area (Å²) in [6, 6.07) is 11.5. The first-order chi connectivity index (χ1) is 14.0. The molecule has 2 amide bonds. The molecule has 148 valence electrons. The Labute approximate surface area is 166 Å². The van der Waals surface area contributed by atoms with Crippen LogP contribution in [0.2, 0.25) is 0 Å². The van der Waals surface area contributed by atoms with Gasteiger partial charge in [0.2, 0.25) is 6.79 Å². The number of benzene rings is 2. The molecule has 0 fully saturated rings. The van der Waals surface area contributed by atoms with Crippen LogP contribution in [0.5, 0.6) is 23.0 Å². The van der Waals surface area contributed by atoms with Crippen LogP contribution in [0.25, 0.3) is 6.08 Å². The number of carbonyl (C=O) groups is 2. The van der Waals surface area contributed by atoms with Crippen LogP contribution in [0, 0.1) is 11.3 Å². The Kier molecular flexibility index (Phi) is 5.85. The molecule has 9 nitrogen and oxygen atoms in total. The van der Waals surface area contributed by atoms with Crippen LogP contribution in [-0.4, -0.2) is 32.3 Å². The van der Waals surface area contributed by atoms with E-state index >= 15 is 0 Å². The molecule has 0 aliphatic carbocycles. The highest BCUT2D eigenvalue weighted by atomic mass is 16.7. The number of hydrogen-bond acceptors (Lipinski definition) is 7. The Morgan fingerprint density at radius 1 is 1.21 bits per heavy atom. The lowest BCUT2D eigenvalue weighted by molar-refractivity contribution is -0.120. The van der Waals surface area contributed by atoms with Crippen molar-refractivity contribution in [3.8, 4) is 29.1 Å². The van der Waals surface area contributed by atoms with Gasteiger partial charge in [-0.15, -0.1) is 0 Å². The zero-order valence-corrected chi connectivity index (χ0v) is 15.4. The number of anilines is 1. The molecule has 3 N–H and O–H groups in total. The van der Waals surface area contributed by atoms with Crippen LogP contribution in [0.15, 0.2) is 42.0 Å². The first-order valence-corrected chi connectivity index (χ1v) is 8.42. The minimum Gasteiger partial charge on any atom is -0.493 e. The lowest BCUT2D eigenvalue weighted by atomic mass is 10.1. The Bertz CT molecular complexity index is 1030. The van der Waals surface area contributed by atoms with Crippen molar-refractivity contribution >= 4 is 23.6 Å². The van der Waals surface area contributed by atoms with Crippen LogP contribution in [0.4, 0.5) is 5.69 Å². The quantitative estimate of drug-likeness (QED) is 0.540. The van der Waals surface area contributed by atoms with Crippen molar-refractivity contribution in [2.45, 2.75) is 0 Å². The molecule has 29 heavy (non-hydrogen) atoms. The van der Waals surface area contributed by atoms with E-state index in [0.717, 1.165) is 0 Å². The number of hydrogen-bond donors (Lipinski definition) is 2. The van der Waals surface area contributed by atoms with Crippen molar-refractivity contribution in [2.75, 3.05) is 25.8 Å². The summed E-state index contributed by atoms with van der Waals surface area (Å²) in [5, 5.41) is 12.0. The average molecular weight is 395 g/mol. The van der Waals surface area contributed by atoms with Gasteiger partial charge in [-0.05, 0) is 35.9 Å². The number of rotatable bonds is 7. The number of ether oxygens (including phenoxy) is 4. The highest BCUT2D eigenvalue weighted by Gasteiger charge is 2.16. The van der Waals surface area contributed by atoms with Crippen molar-refractivity contribution in [1.82, 2.24) is 0 Å². The van der Waals surface area contributed by atoms with Crippen LogP contribution in [0.3, 0.4) is 0 Å². The zero-order valence-electron chi connectivity index (χ0n) is 15.4. The normalized spacial score (nSPS) is 12.1. The molecule has 1 heterocycles. The number of nitrogens with two attached hydrogens (primary N) is 1. The first kappa shape index (κ1) is 19.6. The number of primary amides is 1. The predicted molar refractivity (Wildman–Crippen MR) is 102 cm³/mol. The second-order valence-corrected chi connectivity index (χ2v) is 5.86. The number of methoxy groups -OCH3 is 1. The summed E-state index contributed by atoms with van der Waals surface area (Å²) < 4.78 is 21.0. The molecule has 1 aliphatic rings. The third-order valence-corrected chi connectivity index (χ3v) is 3.86. The van der Waals surface area contributed by atoms with Gasteiger partial charge in [-0.25, -0.2) is 0 Å². The van der Waals surface area contributed by atoms with E-state index in [1.807, 2.05) is 6.07 Å². The largest absolute Gasteiger partial charge is 0.493 e. The van der Waals surface area contributed by atoms with Crippen molar-refractivity contribution < 1.29 is 28.5 Å². The van der Waals surface area contributed by atoms with E-state index < -0.39 is 11.8 Å². The van der Waals surface area contributed by atoms with Gasteiger partial charge in [-0.1, -0.05) is 6.07 Å². The monoisotopic (exact) mass is 395 g/mol. The van der Waals surface area contributed by atoms with Crippen LogP contribution >= 0.6 is 0 Å². The molecule has 2 aromatic rings. The third-order valence-electron chi connectivity index (χ3n) is 3.86. The van der Waals surface area contributed by atoms with Gasteiger partial charge >= 0.3 is 0 Å². The molecule has 9 heteroatoms. The number of fused-ring (bicyclic) bond motifs is 1. The maximum absolute atomic E-state index is 12.5. The Morgan fingerprint density at radius 3 is 2.72 bits per heavy atom. The molecule has 3 rings (SSSR count). The summed E-state index contributed by atoms with van der Waals surface area (Å²) in [5.41, 5.74) is 5.95. The summed E-state index contributed by atoms with van der Waals surface area (Å²) >= 11 is 0. The van der Waals surface area contributed by atoms with E-state index in [9.17, 15) is 14.9 Å². The Balaban J connectivity index is 1.77. The minimum absolute atomic E-state index is 0.115. The zero-order chi connectivity index (χ0) is 20.8. The van der Waals surface area contributed by atoms with Gasteiger partial charge in [0.1, 0.15) is 11.6 Å². The molecule has 0 bridgehead atoms. The van der Waals surface area contributed by atoms with Crippen molar-refractivity contribution in [1.29, 1.82) is 5.26 Å². The summed E-state index contributed by atoms with van der Waals surface area (Å²) in [6.45, 7) is -0.177. The highest BCUT2D eigenvalue weighted by molar-refractivity contribution is 6.09. The topological polar surface area (TPSA) is 133 Å². The van der Waals surface area contributed by atoms with Gasteiger partial charge < -0.3 is 30.0 Å². The molecule has 0 saturated carbocycles. The van der Waals surface area contributed by atoms with Crippen molar-refractivity contribution in [3.05, 3.63) is 47.5 Å². The SMILES string of the molecule is COc1cc(/C=C(/C#N)C(=O)Nc2ccc3c(c2)OCO3)ccc1OCC(N)=O. The first-order valence-electron chi connectivity index (χ1n) is 8.42. The van der Waals surface area contributed by atoms with Gasteiger partial charge in [0.05, 0.1) is 7.11 Å². The Morgan fingerprint density at radius 2 is 2.00 bits per heavy atom. The number of nitriles is 1. The van der Waals surface area contributed by atoms with E-state index in [2.05, 4.69) is 5.32 Å². The van der Waals surface area contributed by atoms with Crippen LogP contribution < -0.4 is 30.0 Å². The molecule has 0 spiro atoms. The molecule has 2 aromatic carbocycles. The minimum atomic E-state index is -0.622. The second-order valence-electron chi connectivity index (χ2n) is 5.86. The second kappa shape index (κ2) is 8.67. The summed E-state index contributed by atoms with van der Waals surface area (Å²) in [5.74, 6) is 0.536. The van der Waals surface area contributed by atoms with E-state index in [0.29, 0.717) is 34.2 Å². The lowest BCUT2D eigenvalue weighted by Gasteiger charge is -2.10. The van der Waals surface area contributed by atoms with Gasteiger partial charge in [-0.2, -0.15) is 5.26 Å². The predicted octanol–water partition coefficient (Wildman–Crippen LogP) is 1.83. The number of amides is 2. The molecule has 0 unspecified atom stereocenters. The number of nitrogens with zero attached hydrogens (tertiary/aromatic N) is 1. The van der Waals surface area contributed by atoms with E-state index in [-0.39, 0.29) is 19.0 Å². The van der Waals surface area contributed by atoms with Gasteiger partial charge in [0.25, 0.3) is 11.8 Å². The summed E-state index contributed by atoms with van der Waals surface area (Å²) in [4.78, 5) is 23.3. The maximum atomic E-state index is 12.5.